The number of halogens is 3. The zero-order chi connectivity index (χ0) is 35.5. The number of hydrogen-bond donors (Lipinski definition) is 1. The van der Waals surface area contributed by atoms with E-state index in [2.05, 4.69) is 15.7 Å². The predicted molar refractivity (Wildman–Crippen MR) is 189 cm³/mol. The molecule has 2 aromatic carbocycles. The summed E-state index contributed by atoms with van der Waals surface area (Å²) in [7, 11) is -2.43. The molecule has 5 aliphatic rings. The number of likely N-dealkylation sites (N-methyl/N-ethyl adjacent to an activating group) is 1. The third kappa shape index (κ3) is 6.90. The Morgan fingerprint density at radius 1 is 1.10 bits per heavy atom. The molecule has 2 aliphatic carbocycles. The Balaban J connectivity index is 1.25. The zero-order valence-electron chi connectivity index (χ0n) is 29.0. The highest BCUT2D eigenvalue weighted by molar-refractivity contribution is 7.90. The van der Waals surface area contributed by atoms with Gasteiger partial charge in [0.1, 0.15) is 5.75 Å². The number of carbonyl (C=O) groups is 1. The molecule has 50 heavy (non-hydrogen) atoms. The van der Waals surface area contributed by atoms with E-state index >= 15 is 0 Å². The van der Waals surface area contributed by atoms with Crippen LogP contribution in [0.25, 0.3) is 0 Å². The van der Waals surface area contributed by atoms with Gasteiger partial charge in [0.15, 0.2) is 0 Å². The molecule has 2 bridgehead atoms. The molecule has 272 valence electrons. The van der Waals surface area contributed by atoms with Crippen LogP contribution in [0, 0.1) is 11.8 Å². The quantitative estimate of drug-likeness (QED) is 0.426. The second-order valence-corrected chi connectivity index (χ2v) is 17.6. The van der Waals surface area contributed by atoms with Crippen molar-refractivity contribution in [3.63, 3.8) is 0 Å². The van der Waals surface area contributed by atoms with Crippen molar-refractivity contribution in [1.29, 1.82) is 0 Å². The molecule has 1 spiro atoms. The number of alkyl halides is 2. The first-order valence-electron chi connectivity index (χ1n) is 17.6. The lowest BCUT2D eigenvalue weighted by Gasteiger charge is -2.46. The monoisotopic (exact) mass is 732 g/mol. The van der Waals surface area contributed by atoms with Gasteiger partial charge in [0.25, 0.3) is 21.9 Å². The normalized spacial score (nSPS) is 31.2. The molecule has 13 heteroatoms. The van der Waals surface area contributed by atoms with Gasteiger partial charge in [-0.25, -0.2) is 21.9 Å². The number of carbonyl (C=O) groups excluding carboxylic acids is 1. The fraction of sp³-hybridized carbons (Fsp3) is 0.595. The average Bonchev–Trinajstić information content (AvgIpc) is 3.18. The molecule has 7 rings (SSSR count). The number of ether oxygens (including phenoxy) is 2. The van der Waals surface area contributed by atoms with Crippen molar-refractivity contribution in [1.82, 2.24) is 14.5 Å². The minimum atomic E-state index is -4.21. The summed E-state index contributed by atoms with van der Waals surface area (Å²) in [5.74, 6) is -2.26. The molecule has 3 aliphatic heterocycles. The van der Waals surface area contributed by atoms with Gasteiger partial charge in [-0.15, -0.1) is 0 Å². The van der Waals surface area contributed by atoms with Crippen molar-refractivity contribution in [3.05, 3.63) is 64.7 Å². The maximum atomic E-state index is 13.7. The smallest absolute Gasteiger partial charge is 0.272 e. The van der Waals surface area contributed by atoms with Crippen LogP contribution in [0.4, 0.5) is 14.5 Å². The van der Waals surface area contributed by atoms with Crippen LogP contribution in [-0.4, -0.2) is 101 Å². The van der Waals surface area contributed by atoms with Crippen molar-refractivity contribution < 1.29 is 31.5 Å². The minimum absolute atomic E-state index is 0.00152. The van der Waals surface area contributed by atoms with Crippen LogP contribution in [0.15, 0.2) is 53.4 Å². The molecule has 4 atom stereocenters. The van der Waals surface area contributed by atoms with E-state index in [9.17, 15) is 22.0 Å². The van der Waals surface area contributed by atoms with E-state index in [1.54, 1.807) is 42.8 Å². The van der Waals surface area contributed by atoms with Crippen LogP contribution < -0.4 is 14.4 Å². The fourth-order valence-electron chi connectivity index (χ4n) is 8.26. The molecular formula is C37H47ClF2N4O5S. The molecular weight excluding hydrogens is 686 g/mol. The van der Waals surface area contributed by atoms with Gasteiger partial charge in [-0.2, -0.15) is 0 Å². The lowest BCUT2D eigenvalue weighted by atomic mass is 9.68. The molecule has 1 N–H and O–H groups in total. The largest absolute Gasteiger partial charge is 0.490 e. The molecule has 3 heterocycles. The second kappa shape index (κ2) is 13.3. The van der Waals surface area contributed by atoms with Gasteiger partial charge < -0.3 is 14.4 Å². The number of benzene rings is 2. The number of sulfonamides is 1. The van der Waals surface area contributed by atoms with Crippen LogP contribution in [0.5, 0.6) is 5.75 Å². The van der Waals surface area contributed by atoms with Gasteiger partial charge in [0.2, 0.25) is 0 Å². The molecule has 0 unspecified atom stereocenters. The number of amides is 1. The number of nitrogens with one attached hydrogen (secondary N) is 1. The SMILES string of the molecule is CN1C/C=C\[C@H](OCCN2CC(F)(F)C2)[C@@H]2CC[C@H]2CN2C[C@@]3(CCCc4cc(Cl)ccc43)COc3ccc(cc32)S(=O)(=O)NC(=O)C1(C)C. The molecule has 1 saturated carbocycles. The van der Waals surface area contributed by atoms with Gasteiger partial charge in [-0.05, 0) is 106 Å². The summed E-state index contributed by atoms with van der Waals surface area (Å²) in [4.78, 5) is 19.3. The predicted octanol–water partition coefficient (Wildman–Crippen LogP) is 5.26. The number of rotatable bonds is 4. The number of aryl methyl sites for hydroxylation is 1. The average molecular weight is 733 g/mol. The van der Waals surface area contributed by atoms with Crippen LogP contribution in [0.3, 0.4) is 0 Å². The van der Waals surface area contributed by atoms with E-state index in [-0.39, 0.29) is 41.3 Å². The Labute approximate surface area is 299 Å². The van der Waals surface area contributed by atoms with Crippen LogP contribution in [-0.2, 0) is 31.4 Å². The molecule has 2 fully saturated rings. The van der Waals surface area contributed by atoms with Crippen molar-refractivity contribution in [3.8, 4) is 5.75 Å². The van der Waals surface area contributed by atoms with Crippen molar-refractivity contribution >= 4 is 33.2 Å². The highest BCUT2D eigenvalue weighted by atomic mass is 35.5. The van der Waals surface area contributed by atoms with E-state index in [1.165, 1.54) is 17.2 Å². The third-order valence-corrected chi connectivity index (χ3v) is 13.3. The van der Waals surface area contributed by atoms with Crippen LogP contribution in [0.1, 0.15) is 50.7 Å². The summed E-state index contributed by atoms with van der Waals surface area (Å²) < 4.78 is 69.9. The highest BCUT2D eigenvalue weighted by Gasteiger charge is 2.46. The molecule has 2 aromatic rings. The Morgan fingerprint density at radius 2 is 1.90 bits per heavy atom. The third-order valence-electron chi connectivity index (χ3n) is 11.7. The second-order valence-electron chi connectivity index (χ2n) is 15.4. The minimum Gasteiger partial charge on any atom is -0.490 e. The van der Waals surface area contributed by atoms with Gasteiger partial charge in [0, 0.05) is 36.6 Å². The van der Waals surface area contributed by atoms with Crippen LogP contribution >= 0.6 is 11.6 Å². The standard InChI is InChI=1S/C37H47ClF2N4O5S/c1-35(2)34(45)41-50(46,47)28-10-13-33-31(19-28)44(21-36(24-49-33)14-4-6-25-18-27(38)9-12-30(25)36)20-26-8-11-29(26)32(7-5-15-42(35)3)48-17-16-43-22-37(39,40)23-43/h5,7,9-10,12-13,18-19,26,29,32H,4,6,8,11,14-17,20-24H2,1-3H3,(H,41,45)/b7-5-/t26-,29+,32-,36-/m0/s1. The summed E-state index contributed by atoms with van der Waals surface area (Å²) in [5, 5.41) is 0.703. The van der Waals surface area contributed by atoms with Crippen molar-refractivity contribution in [2.24, 2.45) is 11.8 Å². The number of hydrogen-bond acceptors (Lipinski definition) is 8. The number of nitrogens with zero attached hydrogens (tertiary/aromatic N) is 3. The molecule has 9 nitrogen and oxygen atoms in total. The lowest BCUT2D eigenvalue weighted by Crippen LogP contribution is -2.57. The first-order valence-corrected chi connectivity index (χ1v) is 19.5. The van der Waals surface area contributed by atoms with Crippen molar-refractivity contribution in [2.45, 2.75) is 73.8 Å². The molecule has 1 saturated heterocycles. The van der Waals surface area contributed by atoms with E-state index in [4.69, 9.17) is 21.1 Å². The summed E-state index contributed by atoms with van der Waals surface area (Å²) in [6.45, 7) is 5.76. The number of anilines is 1. The lowest BCUT2D eigenvalue weighted by molar-refractivity contribution is -0.138. The maximum absolute atomic E-state index is 13.7. The zero-order valence-corrected chi connectivity index (χ0v) is 30.5. The molecule has 0 radical (unpaired) electrons. The topological polar surface area (TPSA) is 91.4 Å². The maximum Gasteiger partial charge on any atom is 0.272 e. The van der Waals surface area contributed by atoms with E-state index in [0.717, 1.165) is 32.1 Å². The van der Waals surface area contributed by atoms with Crippen LogP contribution in [0.2, 0.25) is 5.02 Å². The van der Waals surface area contributed by atoms with E-state index in [1.807, 2.05) is 24.3 Å². The number of likely N-dealkylation sites (tertiary alicyclic amines) is 1. The Morgan fingerprint density at radius 3 is 2.64 bits per heavy atom. The van der Waals surface area contributed by atoms with Gasteiger partial charge >= 0.3 is 0 Å². The van der Waals surface area contributed by atoms with E-state index < -0.39 is 27.4 Å². The summed E-state index contributed by atoms with van der Waals surface area (Å²) in [5.41, 5.74) is 1.61. The van der Waals surface area contributed by atoms with Gasteiger partial charge in [-0.1, -0.05) is 29.8 Å². The van der Waals surface area contributed by atoms with Gasteiger partial charge in [-0.3, -0.25) is 14.6 Å². The number of fused-ring (bicyclic) bond motifs is 4. The molecule has 1 amide bonds. The summed E-state index contributed by atoms with van der Waals surface area (Å²) >= 11 is 6.43. The molecule has 0 aromatic heterocycles. The summed E-state index contributed by atoms with van der Waals surface area (Å²) in [6.07, 6.45) is 8.51. The Kier molecular flexibility index (Phi) is 9.50. The Bertz CT molecular complexity index is 1770. The van der Waals surface area contributed by atoms with E-state index in [0.29, 0.717) is 55.9 Å². The Hall–Kier alpha value is -2.77. The van der Waals surface area contributed by atoms with Gasteiger partial charge in [0.05, 0.1) is 48.5 Å². The first kappa shape index (κ1) is 35.6. The fourth-order valence-corrected chi connectivity index (χ4v) is 9.58. The first-order chi connectivity index (χ1) is 23.7. The summed E-state index contributed by atoms with van der Waals surface area (Å²) in [6, 6.07) is 11.0. The van der Waals surface area contributed by atoms with Crippen molar-refractivity contribution in [2.75, 3.05) is 64.4 Å². The highest BCUT2D eigenvalue weighted by Crippen LogP contribution is 2.47.